The summed E-state index contributed by atoms with van der Waals surface area (Å²) in [5.74, 6) is 0.792. The minimum absolute atomic E-state index is 0.0264. The third kappa shape index (κ3) is 3.37. The Hall–Kier alpha value is -2.33. The number of aromatic nitrogens is 2. The molecule has 0 aliphatic heterocycles. The topological polar surface area (TPSA) is 34.9 Å². The Labute approximate surface area is 139 Å². The van der Waals surface area contributed by atoms with Gasteiger partial charge in [-0.2, -0.15) is 0 Å². The van der Waals surface area contributed by atoms with Crippen molar-refractivity contribution in [2.75, 3.05) is 5.75 Å². The molecular formula is C19H18N2OS. The maximum absolute atomic E-state index is 12.9. The van der Waals surface area contributed by atoms with Crippen molar-refractivity contribution in [2.45, 2.75) is 19.0 Å². The minimum Gasteiger partial charge on any atom is -0.268 e. The summed E-state index contributed by atoms with van der Waals surface area (Å²) < 4.78 is 1.70. The number of rotatable bonds is 4. The number of para-hydroxylation sites is 2. The van der Waals surface area contributed by atoms with E-state index in [1.165, 1.54) is 5.57 Å². The van der Waals surface area contributed by atoms with Crippen LogP contribution in [0.1, 0.15) is 13.8 Å². The first-order valence-corrected chi connectivity index (χ1v) is 8.49. The predicted octanol–water partition coefficient (Wildman–Crippen LogP) is 4.44. The third-order valence-electron chi connectivity index (χ3n) is 3.46. The van der Waals surface area contributed by atoms with Crippen LogP contribution < -0.4 is 5.56 Å². The highest BCUT2D eigenvalue weighted by Gasteiger charge is 2.12. The van der Waals surface area contributed by atoms with Gasteiger partial charge < -0.3 is 0 Å². The molecule has 3 rings (SSSR count). The molecule has 0 amide bonds. The molecule has 0 saturated heterocycles. The quantitative estimate of drug-likeness (QED) is 0.404. The summed E-state index contributed by atoms with van der Waals surface area (Å²) >= 11 is 1.57. The number of hydrogen-bond acceptors (Lipinski definition) is 3. The van der Waals surface area contributed by atoms with Crippen LogP contribution in [0.3, 0.4) is 0 Å². The third-order valence-corrected chi connectivity index (χ3v) is 4.33. The Morgan fingerprint density at radius 2 is 1.78 bits per heavy atom. The van der Waals surface area contributed by atoms with E-state index in [-0.39, 0.29) is 5.56 Å². The van der Waals surface area contributed by atoms with E-state index in [0.717, 1.165) is 22.1 Å². The highest BCUT2D eigenvalue weighted by Crippen LogP contribution is 2.21. The number of hydrogen-bond donors (Lipinski definition) is 0. The van der Waals surface area contributed by atoms with E-state index in [4.69, 9.17) is 4.98 Å². The van der Waals surface area contributed by atoms with Gasteiger partial charge in [0, 0.05) is 5.75 Å². The zero-order valence-electron chi connectivity index (χ0n) is 13.2. The Balaban J connectivity index is 2.19. The number of thioether (sulfide) groups is 1. The van der Waals surface area contributed by atoms with Gasteiger partial charge in [-0.1, -0.05) is 53.7 Å². The van der Waals surface area contributed by atoms with E-state index in [2.05, 4.69) is 19.9 Å². The molecule has 23 heavy (non-hydrogen) atoms. The zero-order chi connectivity index (χ0) is 16.2. The molecule has 0 fully saturated rings. The van der Waals surface area contributed by atoms with Gasteiger partial charge in [-0.15, -0.1) is 0 Å². The molecule has 116 valence electrons. The van der Waals surface area contributed by atoms with E-state index in [1.54, 1.807) is 16.3 Å². The Morgan fingerprint density at radius 1 is 1.09 bits per heavy atom. The average Bonchev–Trinajstić information content (AvgIpc) is 2.55. The van der Waals surface area contributed by atoms with Crippen LogP contribution >= 0.6 is 11.8 Å². The smallest absolute Gasteiger partial charge is 0.266 e. The van der Waals surface area contributed by atoms with Gasteiger partial charge in [0.25, 0.3) is 5.56 Å². The van der Waals surface area contributed by atoms with Crippen LogP contribution in [-0.2, 0) is 0 Å². The summed E-state index contributed by atoms with van der Waals surface area (Å²) in [6.07, 6.45) is 2.14. The summed E-state index contributed by atoms with van der Waals surface area (Å²) in [7, 11) is 0. The Bertz CT molecular complexity index is 910. The maximum atomic E-state index is 12.9. The summed E-state index contributed by atoms with van der Waals surface area (Å²) in [4.78, 5) is 17.6. The molecule has 0 unspecified atom stereocenters. The fourth-order valence-electron chi connectivity index (χ4n) is 2.30. The van der Waals surface area contributed by atoms with E-state index in [1.807, 2.05) is 54.6 Å². The molecular weight excluding hydrogens is 304 g/mol. The lowest BCUT2D eigenvalue weighted by Gasteiger charge is -2.12. The lowest BCUT2D eigenvalue weighted by atomic mass is 10.2. The molecule has 0 atom stereocenters. The van der Waals surface area contributed by atoms with Crippen molar-refractivity contribution < 1.29 is 0 Å². The highest BCUT2D eigenvalue weighted by molar-refractivity contribution is 7.99. The second-order valence-electron chi connectivity index (χ2n) is 5.48. The second-order valence-corrected chi connectivity index (χ2v) is 6.47. The predicted molar refractivity (Wildman–Crippen MR) is 97.5 cm³/mol. The van der Waals surface area contributed by atoms with Gasteiger partial charge in [0.15, 0.2) is 5.16 Å². The van der Waals surface area contributed by atoms with Crippen molar-refractivity contribution in [3.8, 4) is 5.69 Å². The lowest BCUT2D eigenvalue weighted by molar-refractivity contribution is 0.821. The van der Waals surface area contributed by atoms with Crippen LogP contribution in [0.2, 0.25) is 0 Å². The molecule has 3 nitrogen and oxygen atoms in total. The fourth-order valence-corrected chi connectivity index (χ4v) is 3.34. The number of benzene rings is 2. The highest BCUT2D eigenvalue weighted by atomic mass is 32.2. The van der Waals surface area contributed by atoms with Crippen molar-refractivity contribution in [2.24, 2.45) is 0 Å². The van der Waals surface area contributed by atoms with Gasteiger partial charge in [-0.05, 0) is 38.1 Å². The van der Waals surface area contributed by atoms with E-state index >= 15 is 0 Å². The molecule has 0 aliphatic rings. The molecule has 1 heterocycles. The summed E-state index contributed by atoms with van der Waals surface area (Å²) in [6, 6.07) is 17.2. The van der Waals surface area contributed by atoms with E-state index in [9.17, 15) is 4.79 Å². The standard InChI is InChI=1S/C19H18N2OS/c1-14(2)12-13-23-19-20-17-11-7-6-10-16(17)18(22)21(19)15-8-4-3-5-9-15/h3-12H,13H2,1-2H3. The largest absolute Gasteiger partial charge is 0.268 e. The van der Waals surface area contributed by atoms with Crippen LogP contribution in [0.4, 0.5) is 0 Å². The van der Waals surface area contributed by atoms with Gasteiger partial charge in [0.2, 0.25) is 0 Å². The molecule has 0 radical (unpaired) electrons. The van der Waals surface area contributed by atoms with Gasteiger partial charge in [0.1, 0.15) is 0 Å². The van der Waals surface area contributed by atoms with E-state index < -0.39 is 0 Å². The summed E-state index contributed by atoms with van der Waals surface area (Å²) in [5, 5.41) is 1.36. The van der Waals surface area contributed by atoms with Gasteiger partial charge in [-0.25, -0.2) is 4.98 Å². The van der Waals surface area contributed by atoms with Crippen molar-refractivity contribution in [1.29, 1.82) is 0 Å². The average molecular weight is 322 g/mol. The summed E-state index contributed by atoms with van der Waals surface area (Å²) in [5.41, 5.74) is 2.81. The molecule has 0 N–H and O–H groups in total. The number of allylic oxidation sites excluding steroid dienone is 1. The van der Waals surface area contributed by atoms with Crippen LogP contribution in [0, 0.1) is 0 Å². The summed E-state index contributed by atoms with van der Waals surface area (Å²) in [6.45, 7) is 4.14. The zero-order valence-corrected chi connectivity index (χ0v) is 14.0. The first-order valence-electron chi connectivity index (χ1n) is 7.50. The van der Waals surface area contributed by atoms with Crippen LogP contribution in [0.25, 0.3) is 16.6 Å². The number of fused-ring (bicyclic) bond motifs is 1. The van der Waals surface area contributed by atoms with Gasteiger partial charge in [-0.3, -0.25) is 9.36 Å². The van der Waals surface area contributed by atoms with Crippen molar-refractivity contribution >= 4 is 22.7 Å². The fraction of sp³-hybridized carbons (Fsp3) is 0.158. The normalized spacial score (nSPS) is 10.7. The van der Waals surface area contributed by atoms with Crippen molar-refractivity contribution in [3.05, 3.63) is 76.6 Å². The first-order chi connectivity index (χ1) is 11.2. The molecule has 0 saturated carbocycles. The molecule has 1 aromatic heterocycles. The monoisotopic (exact) mass is 322 g/mol. The molecule has 2 aromatic carbocycles. The molecule has 0 bridgehead atoms. The van der Waals surface area contributed by atoms with E-state index in [0.29, 0.717) is 5.39 Å². The first kappa shape index (κ1) is 15.6. The second kappa shape index (κ2) is 6.84. The van der Waals surface area contributed by atoms with Crippen LogP contribution in [0.5, 0.6) is 0 Å². The molecule has 0 spiro atoms. The van der Waals surface area contributed by atoms with Crippen molar-refractivity contribution in [3.63, 3.8) is 0 Å². The number of nitrogens with zero attached hydrogens (tertiary/aromatic N) is 2. The maximum Gasteiger partial charge on any atom is 0.266 e. The van der Waals surface area contributed by atoms with Crippen molar-refractivity contribution in [1.82, 2.24) is 9.55 Å². The minimum atomic E-state index is -0.0264. The Morgan fingerprint density at radius 3 is 2.52 bits per heavy atom. The molecule has 4 heteroatoms. The molecule has 3 aromatic rings. The Kier molecular flexibility index (Phi) is 4.63. The van der Waals surface area contributed by atoms with Crippen LogP contribution in [0.15, 0.2) is 76.2 Å². The van der Waals surface area contributed by atoms with Gasteiger partial charge in [0.05, 0.1) is 16.6 Å². The lowest BCUT2D eigenvalue weighted by Crippen LogP contribution is -2.21. The molecule has 0 aliphatic carbocycles. The van der Waals surface area contributed by atoms with Crippen LogP contribution in [-0.4, -0.2) is 15.3 Å². The SMILES string of the molecule is CC(C)=CCSc1nc2ccccc2c(=O)n1-c1ccccc1. The van der Waals surface area contributed by atoms with Gasteiger partial charge >= 0.3 is 0 Å².